The zero-order chi connectivity index (χ0) is 35.0. The van der Waals surface area contributed by atoms with Crippen LogP contribution in [0, 0.1) is 28.1 Å². The van der Waals surface area contributed by atoms with Crippen LogP contribution in [0.4, 0.5) is 17.1 Å². The lowest BCUT2D eigenvalue weighted by molar-refractivity contribution is -0.145. The molecule has 10 nitrogen and oxygen atoms in total. The molecule has 248 valence electrons. The molecule has 0 radical (unpaired) electrons. The van der Waals surface area contributed by atoms with Crippen molar-refractivity contribution in [2.24, 2.45) is 5.41 Å². The molecular weight excluding hydrogens is 630 g/mol. The fourth-order valence-corrected chi connectivity index (χ4v) is 7.78. The highest BCUT2D eigenvalue weighted by atomic mass is 16.5. The average Bonchev–Trinajstić information content (AvgIpc) is 3.59. The number of ether oxygens (including phenoxy) is 2. The number of benzene rings is 4. The van der Waals surface area contributed by atoms with E-state index in [1.807, 2.05) is 77.7 Å². The molecule has 1 spiro atoms. The summed E-state index contributed by atoms with van der Waals surface area (Å²) in [5, 5.41) is 23.1. The lowest BCUT2D eigenvalue weighted by Crippen LogP contribution is -2.70. The van der Waals surface area contributed by atoms with Crippen LogP contribution in [-0.4, -0.2) is 37.2 Å². The van der Waals surface area contributed by atoms with Gasteiger partial charge in [0.2, 0.25) is 11.3 Å². The Morgan fingerprint density at radius 3 is 1.82 bits per heavy atom. The van der Waals surface area contributed by atoms with Gasteiger partial charge in [0.1, 0.15) is 17.3 Å². The number of carbonyl (C=O) groups excluding carboxylic acids is 3. The van der Waals surface area contributed by atoms with Crippen molar-refractivity contribution < 1.29 is 23.9 Å². The van der Waals surface area contributed by atoms with Crippen LogP contribution in [0.25, 0.3) is 0 Å². The third-order valence-electron chi connectivity index (χ3n) is 9.67. The normalized spacial score (nSPS) is 19.7. The third-order valence-corrected chi connectivity index (χ3v) is 9.67. The first-order valence-electron chi connectivity index (χ1n) is 16.4. The van der Waals surface area contributed by atoms with Crippen molar-refractivity contribution >= 4 is 34.9 Å². The minimum atomic E-state index is -2.32. The van der Waals surface area contributed by atoms with Crippen LogP contribution in [0.15, 0.2) is 120 Å². The number of amides is 1. The number of hydrogen-bond acceptors (Lipinski definition) is 9. The first kappa shape index (κ1) is 32.2. The first-order valence-corrected chi connectivity index (χ1v) is 16.4. The van der Waals surface area contributed by atoms with Crippen molar-refractivity contribution in [2.45, 2.75) is 38.5 Å². The van der Waals surface area contributed by atoms with Gasteiger partial charge in [-0.25, -0.2) is 9.59 Å². The van der Waals surface area contributed by atoms with Gasteiger partial charge < -0.3 is 24.2 Å². The standard InChI is InChI=1S/C40H33N5O5/c1-3-49-35(46)33-34(36(47)50-4-2)45-32-22-14-13-21-31(32)43(23-27-15-7-5-8-16-27)37(45)39(25-41,26-42)40(33)29-19-11-12-20-30(29)44(38(40)48)24-28-17-9-6-10-18-28/h5-22,37H,3-4,23-24H2,1-2H3/t37-,40+/m1/s1. The summed E-state index contributed by atoms with van der Waals surface area (Å²) in [6.07, 6.45) is -1.26. The summed E-state index contributed by atoms with van der Waals surface area (Å²) in [6, 6.07) is 37.5. The Balaban J connectivity index is 1.62. The molecule has 0 aromatic heterocycles. The summed E-state index contributed by atoms with van der Waals surface area (Å²) in [5.41, 5.74) is -1.87. The van der Waals surface area contributed by atoms with Crippen LogP contribution in [0.1, 0.15) is 30.5 Å². The molecular formula is C40H33N5O5. The number of hydrogen-bond donors (Lipinski definition) is 0. The van der Waals surface area contributed by atoms with E-state index in [9.17, 15) is 20.1 Å². The molecule has 0 N–H and O–H groups in total. The Bertz CT molecular complexity index is 2100. The lowest BCUT2D eigenvalue weighted by Gasteiger charge is -2.52. The van der Waals surface area contributed by atoms with Crippen LogP contribution in [0.2, 0.25) is 0 Å². The molecule has 4 aromatic carbocycles. The van der Waals surface area contributed by atoms with Gasteiger partial charge >= 0.3 is 11.9 Å². The second-order valence-corrected chi connectivity index (χ2v) is 12.2. The smallest absolute Gasteiger partial charge is 0.355 e. The van der Waals surface area contributed by atoms with Crippen molar-refractivity contribution in [1.82, 2.24) is 0 Å². The van der Waals surface area contributed by atoms with Gasteiger partial charge in [0.15, 0.2) is 0 Å². The predicted molar refractivity (Wildman–Crippen MR) is 185 cm³/mol. The van der Waals surface area contributed by atoms with E-state index < -0.39 is 40.4 Å². The Hall–Kier alpha value is -6.39. The number of nitrogens with zero attached hydrogens (tertiary/aromatic N) is 5. The minimum Gasteiger partial charge on any atom is -0.463 e. The van der Waals surface area contributed by atoms with E-state index in [1.165, 1.54) is 9.80 Å². The molecule has 1 amide bonds. The zero-order valence-corrected chi connectivity index (χ0v) is 27.6. The summed E-state index contributed by atoms with van der Waals surface area (Å²) in [5.74, 6) is -2.56. The molecule has 0 bridgehead atoms. The predicted octanol–water partition coefficient (Wildman–Crippen LogP) is 5.75. The van der Waals surface area contributed by atoms with E-state index in [4.69, 9.17) is 9.47 Å². The summed E-state index contributed by atoms with van der Waals surface area (Å²) in [7, 11) is 0. The number of rotatable bonds is 8. The van der Waals surface area contributed by atoms with Gasteiger partial charge in [0.25, 0.3) is 0 Å². The summed E-state index contributed by atoms with van der Waals surface area (Å²) >= 11 is 0. The van der Waals surface area contributed by atoms with Gasteiger partial charge in [-0.15, -0.1) is 0 Å². The number of carbonyl (C=O) groups is 3. The first-order chi connectivity index (χ1) is 24.4. The Morgan fingerprint density at radius 1 is 0.700 bits per heavy atom. The van der Waals surface area contributed by atoms with Crippen LogP contribution in [0.5, 0.6) is 0 Å². The Labute approximate surface area is 290 Å². The van der Waals surface area contributed by atoms with E-state index in [-0.39, 0.29) is 37.6 Å². The van der Waals surface area contributed by atoms with Crippen molar-refractivity contribution in [3.8, 4) is 12.1 Å². The van der Waals surface area contributed by atoms with E-state index in [0.717, 1.165) is 11.1 Å². The van der Waals surface area contributed by atoms with E-state index >= 15 is 4.79 Å². The summed E-state index contributed by atoms with van der Waals surface area (Å²) in [4.78, 5) is 49.5. The Kier molecular flexibility index (Phi) is 8.09. The largest absolute Gasteiger partial charge is 0.463 e. The third kappa shape index (κ3) is 4.42. The van der Waals surface area contributed by atoms with E-state index in [0.29, 0.717) is 17.1 Å². The van der Waals surface area contributed by atoms with Gasteiger partial charge in [0.05, 0.1) is 48.8 Å². The summed E-state index contributed by atoms with van der Waals surface area (Å²) in [6.45, 7) is 3.43. The molecule has 50 heavy (non-hydrogen) atoms. The van der Waals surface area contributed by atoms with Gasteiger partial charge in [0, 0.05) is 12.2 Å². The number of anilines is 3. The highest BCUT2D eigenvalue weighted by molar-refractivity contribution is 6.20. The minimum absolute atomic E-state index is 0.0361. The quantitative estimate of drug-likeness (QED) is 0.217. The second-order valence-electron chi connectivity index (χ2n) is 12.2. The second kappa shape index (κ2) is 12.6. The number of para-hydroxylation sites is 3. The number of nitriles is 2. The molecule has 0 fully saturated rings. The molecule has 7 rings (SSSR count). The molecule has 2 atom stereocenters. The van der Waals surface area contributed by atoms with E-state index in [1.54, 1.807) is 50.2 Å². The lowest BCUT2D eigenvalue weighted by atomic mass is 9.53. The fraction of sp³-hybridized carbons (Fsp3) is 0.225. The highest BCUT2D eigenvalue weighted by Gasteiger charge is 2.77. The molecule has 0 saturated heterocycles. The van der Waals surface area contributed by atoms with Crippen molar-refractivity contribution in [3.05, 3.63) is 137 Å². The van der Waals surface area contributed by atoms with Crippen LogP contribution < -0.4 is 14.7 Å². The summed E-state index contributed by atoms with van der Waals surface area (Å²) < 4.78 is 11.3. The molecule has 0 unspecified atom stereocenters. The van der Waals surface area contributed by atoms with Crippen LogP contribution >= 0.6 is 0 Å². The number of fused-ring (bicyclic) bond motifs is 5. The monoisotopic (exact) mass is 663 g/mol. The van der Waals surface area contributed by atoms with Crippen LogP contribution in [0.3, 0.4) is 0 Å². The maximum atomic E-state index is 15.6. The molecule has 0 aliphatic carbocycles. The average molecular weight is 664 g/mol. The molecule has 3 aliphatic heterocycles. The highest BCUT2D eigenvalue weighted by Crippen LogP contribution is 2.65. The van der Waals surface area contributed by atoms with Crippen LogP contribution in [-0.2, 0) is 42.4 Å². The Morgan fingerprint density at radius 2 is 1.22 bits per heavy atom. The van der Waals surface area contributed by atoms with Gasteiger partial charge in [-0.1, -0.05) is 91.0 Å². The SMILES string of the molecule is CCOC(=O)C1=C(C(=O)OCC)[C@@]2(C(=O)N(Cc3ccccc3)c3ccccc32)C(C#N)(C#N)[C@@H]2N(Cc3ccccc3)c3ccccc3N12. The maximum Gasteiger partial charge on any atom is 0.355 e. The fourth-order valence-electron chi connectivity index (χ4n) is 7.78. The molecule has 10 heteroatoms. The van der Waals surface area contributed by atoms with Gasteiger partial charge in [-0.2, -0.15) is 10.5 Å². The number of esters is 2. The van der Waals surface area contributed by atoms with Gasteiger partial charge in [-0.05, 0) is 48.7 Å². The zero-order valence-electron chi connectivity index (χ0n) is 27.6. The van der Waals surface area contributed by atoms with Crippen molar-refractivity contribution in [1.29, 1.82) is 10.5 Å². The topological polar surface area (TPSA) is 127 Å². The van der Waals surface area contributed by atoms with Crippen molar-refractivity contribution in [3.63, 3.8) is 0 Å². The maximum absolute atomic E-state index is 15.6. The van der Waals surface area contributed by atoms with Gasteiger partial charge in [-0.3, -0.25) is 4.79 Å². The van der Waals surface area contributed by atoms with Crippen molar-refractivity contribution in [2.75, 3.05) is 27.9 Å². The molecule has 3 heterocycles. The molecule has 4 aromatic rings. The molecule has 3 aliphatic rings. The molecule has 0 saturated carbocycles. The van der Waals surface area contributed by atoms with E-state index in [2.05, 4.69) is 12.1 Å².